The number of aryl methyl sites for hydroxylation is 1. The lowest BCUT2D eigenvalue weighted by Gasteiger charge is -2.12. The maximum absolute atomic E-state index is 11.1. The van der Waals surface area contributed by atoms with Crippen molar-refractivity contribution < 1.29 is 9.66 Å². The summed E-state index contributed by atoms with van der Waals surface area (Å²) in [7, 11) is 0. The number of rotatable bonds is 6. The van der Waals surface area contributed by atoms with Gasteiger partial charge >= 0.3 is 0 Å². The molecule has 0 unspecified atom stereocenters. The second-order valence-electron chi connectivity index (χ2n) is 4.67. The monoisotopic (exact) mass is 286 g/mol. The van der Waals surface area contributed by atoms with Crippen molar-refractivity contribution in [3.05, 3.63) is 63.7 Å². The van der Waals surface area contributed by atoms with E-state index in [-0.39, 0.29) is 10.6 Å². The Labute approximate surface area is 123 Å². The summed E-state index contributed by atoms with van der Waals surface area (Å²) >= 11 is 0. The number of benzene rings is 2. The van der Waals surface area contributed by atoms with Crippen molar-refractivity contribution in [3.8, 4) is 5.75 Å². The minimum Gasteiger partial charge on any atom is -0.494 e. The second-order valence-corrected chi connectivity index (χ2v) is 4.67. The van der Waals surface area contributed by atoms with Gasteiger partial charge in [0.2, 0.25) is 0 Å². The van der Waals surface area contributed by atoms with Crippen LogP contribution in [-0.4, -0.2) is 11.5 Å². The molecule has 0 aliphatic heterocycles. The first kappa shape index (κ1) is 14.8. The van der Waals surface area contributed by atoms with E-state index < -0.39 is 0 Å². The lowest BCUT2D eigenvalue weighted by molar-refractivity contribution is -0.384. The van der Waals surface area contributed by atoms with Gasteiger partial charge in [0.1, 0.15) is 11.4 Å². The molecule has 0 saturated carbocycles. The van der Waals surface area contributed by atoms with Crippen LogP contribution in [0.4, 0.5) is 11.4 Å². The van der Waals surface area contributed by atoms with E-state index in [1.807, 2.05) is 44.2 Å². The number of hydrogen-bond acceptors (Lipinski definition) is 4. The molecule has 5 heteroatoms. The molecule has 0 fully saturated rings. The van der Waals surface area contributed by atoms with Crippen molar-refractivity contribution in [2.45, 2.75) is 20.4 Å². The van der Waals surface area contributed by atoms with E-state index in [0.29, 0.717) is 18.8 Å². The molecule has 0 atom stereocenters. The predicted molar refractivity (Wildman–Crippen MR) is 82.8 cm³/mol. The standard InChI is InChI=1S/C16H18N2O3/c1-3-21-16-7-5-4-6-13(16)11-17-14-9-8-12(2)10-15(14)18(19)20/h4-10,17H,3,11H2,1-2H3. The van der Waals surface area contributed by atoms with E-state index in [1.165, 1.54) is 0 Å². The fourth-order valence-corrected chi connectivity index (χ4v) is 2.08. The van der Waals surface area contributed by atoms with Crippen molar-refractivity contribution in [1.82, 2.24) is 0 Å². The van der Waals surface area contributed by atoms with Gasteiger partial charge in [-0.25, -0.2) is 0 Å². The molecule has 0 saturated heterocycles. The van der Waals surface area contributed by atoms with E-state index in [0.717, 1.165) is 16.9 Å². The third-order valence-electron chi connectivity index (χ3n) is 3.09. The maximum atomic E-state index is 11.1. The van der Waals surface area contributed by atoms with Gasteiger partial charge in [-0.05, 0) is 31.5 Å². The van der Waals surface area contributed by atoms with E-state index in [2.05, 4.69) is 5.32 Å². The van der Waals surface area contributed by atoms with Crippen LogP contribution in [0.3, 0.4) is 0 Å². The Kier molecular flexibility index (Phi) is 4.77. The predicted octanol–water partition coefficient (Wildman–Crippen LogP) is 3.91. The van der Waals surface area contributed by atoms with Gasteiger partial charge in [-0.2, -0.15) is 0 Å². The number of hydrogen-bond donors (Lipinski definition) is 1. The molecule has 2 aromatic rings. The topological polar surface area (TPSA) is 64.4 Å². The second kappa shape index (κ2) is 6.74. The summed E-state index contributed by atoms with van der Waals surface area (Å²) < 4.78 is 5.55. The van der Waals surface area contributed by atoms with E-state index >= 15 is 0 Å². The van der Waals surface area contributed by atoms with Gasteiger partial charge in [-0.1, -0.05) is 24.3 Å². The van der Waals surface area contributed by atoms with Crippen LogP contribution in [0.25, 0.3) is 0 Å². The van der Waals surface area contributed by atoms with Crippen LogP contribution in [0.1, 0.15) is 18.1 Å². The van der Waals surface area contributed by atoms with Gasteiger partial charge in [0.25, 0.3) is 5.69 Å². The zero-order chi connectivity index (χ0) is 15.2. The van der Waals surface area contributed by atoms with E-state index in [9.17, 15) is 10.1 Å². The molecule has 21 heavy (non-hydrogen) atoms. The van der Waals surface area contributed by atoms with Gasteiger partial charge in [0.05, 0.1) is 11.5 Å². The van der Waals surface area contributed by atoms with Crippen LogP contribution in [0, 0.1) is 17.0 Å². The normalized spacial score (nSPS) is 10.2. The van der Waals surface area contributed by atoms with E-state index in [1.54, 1.807) is 12.1 Å². The van der Waals surface area contributed by atoms with Crippen molar-refractivity contribution >= 4 is 11.4 Å². The molecule has 110 valence electrons. The highest BCUT2D eigenvalue weighted by molar-refractivity contribution is 5.62. The average Bonchev–Trinajstić information content (AvgIpc) is 2.47. The average molecular weight is 286 g/mol. The number of para-hydroxylation sites is 1. The minimum absolute atomic E-state index is 0.0869. The summed E-state index contributed by atoms with van der Waals surface area (Å²) in [5.74, 6) is 0.794. The number of nitrogens with zero attached hydrogens (tertiary/aromatic N) is 1. The molecule has 0 amide bonds. The number of nitrogens with one attached hydrogen (secondary N) is 1. The lowest BCUT2D eigenvalue weighted by Crippen LogP contribution is -2.05. The Balaban J connectivity index is 2.19. The van der Waals surface area contributed by atoms with Crippen LogP contribution >= 0.6 is 0 Å². The summed E-state index contributed by atoms with van der Waals surface area (Å²) in [4.78, 5) is 10.7. The third-order valence-corrected chi connectivity index (χ3v) is 3.09. The van der Waals surface area contributed by atoms with Crippen molar-refractivity contribution in [1.29, 1.82) is 0 Å². The fourth-order valence-electron chi connectivity index (χ4n) is 2.08. The van der Waals surface area contributed by atoms with Crippen LogP contribution < -0.4 is 10.1 Å². The summed E-state index contributed by atoms with van der Waals surface area (Å²) in [6, 6.07) is 12.8. The Morgan fingerprint density at radius 3 is 2.71 bits per heavy atom. The molecule has 0 spiro atoms. The van der Waals surface area contributed by atoms with Crippen molar-refractivity contribution in [2.75, 3.05) is 11.9 Å². The minimum atomic E-state index is -0.371. The zero-order valence-electron chi connectivity index (χ0n) is 12.1. The van der Waals surface area contributed by atoms with Crippen LogP contribution in [-0.2, 0) is 6.54 Å². The van der Waals surface area contributed by atoms with Gasteiger partial charge in [-0.3, -0.25) is 10.1 Å². The highest BCUT2D eigenvalue weighted by Gasteiger charge is 2.13. The molecule has 2 aromatic carbocycles. The van der Waals surface area contributed by atoms with Crippen LogP contribution in [0.15, 0.2) is 42.5 Å². The van der Waals surface area contributed by atoms with Gasteiger partial charge in [0, 0.05) is 18.2 Å². The Morgan fingerprint density at radius 2 is 2.00 bits per heavy atom. The van der Waals surface area contributed by atoms with E-state index in [4.69, 9.17) is 4.74 Å². The highest BCUT2D eigenvalue weighted by atomic mass is 16.6. The first-order valence-corrected chi connectivity index (χ1v) is 6.81. The maximum Gasteiger partial charge on any atom is 0.292 e. The van der Waals surface area contributed by atoms with Crippen molar-refractivity contribution in [2.24, 2.45) is 0 Å². The number of nitro benzene ring substituents is 1. The number of anilines is 1. The molecule has 0 heterocycles. The number of ether oxygens (including phenoxy) is 1. The first-order valence-electron chi connectivity index (χ1n) is 6.81. The number of nitro groups is 1. The quantitative estimate of drug-likeness (QED) is 0.646. The summed E-state index contributed by atoms with van der Waals surface area (Å²) in [5.41, 5.74) is 2.43. The lowest BCUT2D eigenvalue weighted by atomic mass is 10.1. The zero-order valence-corrected chi connectivity index (χ0v) is 12.1. The summed E-state index contributed by atoms with van der Waals surface area (Å²) in [6.07, 6.45) is 0. The van der Waals surface area contributed by atoms with Crippen molar-refractivity contribution in [3.63, 3.8) is 0 Å². The molecular formula is C16H18N2O3. The molecule has 0 aliphatic rings. The molecule has 1 N–H and O–H groups in total. The third kappa shape index (κ3) is 3.72. The molecule has 0 aliphatic carbocycles. The smallest absolute Gasteiger partial charge is 0.292 e. The molecule has 5 nitrogen and oxygen atoms in total. The van der Waals surface area contributed by atoms with Crippen LogP contribution in [0.5, 0.6) is 5.75 Å². The fraction of sp³-hybridized carbons (Fsp3) is 0.250. The Bertz CT molecular complexity index is 641. The Hall–Kier alpha value is -2.56. The SMILES string of the molecule is CCOc1ccccc1CNc1ccc(C)cc1[N+](=O)[O-]. The first-order chi connectivity index (χ1) is 10.1. The van der Waals surface area contributed by atoms with Gasteiger partial charge in [-0.15, -0.1) is 0 Å². The highest BCUT2D eigenvalue weighted by Crippen LogP contribution is 2.27. The molecule has 0 bridgehead atoms. The molecule has 2 rings (SSSR count). The van der Waals surface area contributed by atoms with Gasteiger partial charge < -0.3 is 10.1 Å². The largest absolute Gasteiger partial charge is 0.494 e. The molecule has 0 radical (unpaired) electrons. The molecular weight excluding hydrogens is 268 g/mol. The van der Waals surface area contributed by atoms with Gasteiger partial charge in [0.15, 0.2) is 0 Å². The summed E-state index contributed by atoms with van der Waals surface area (Å²) in [6.45, 7) is 4.82. The Morgan fingerprint density at radius 1 is 1.24 bits per heavy atom. The molecule has 0 aromatic heterocycles. The van der Waals surface area contributed by atoms with Crippen LogP contribution in [0.2, 0.25) is 0 Å². The summed E-state index contributed by atoms with van der Waals surface area (Å²) in [5, 5.41) is 14.2.